The fourth-order valence-corrected chi connectivity index (χ4v) is 6.40. The lowest BCUT2D eigenvalue weighted by atomic mass is 9.77. The highest BCUT2D eigenvalue weighted by atomic mass is 19.1. The van der Waals surface area contributed by atoms with Crippen LogP contribution >= 0.6 is 0 Å². The number of nitrogens with two attached hydrogens (primary N) is 1. The molecule has 11 heteroatoms. The predicted octanol–water partition coefficient (Wildman–Crippen LogP) is 2.41. The van der Waals surface area contributed by atoms with Crippen molar-refractivity contribution in [3.63, 3.8) is 0 Å². The van der Waals surface area contributed by atoms with Crippen molar-refractivity contribution in [2.45, 2.75) is 69.5 Å². The molecule has 220 valence electrons. The summed E-state index contributed by atoms with van der Waals surface area (Å²) in [5, 5.41) is 2.87. The fourth-order valence-electron chi connectivity index (χ4n) is 6.40. The number of rotatable bonds is 9. The summed E-state index contributed by atoms with van der Waals surface area (Å²) in [5.74, 6) is -1.34. The van der Waals surface area contributed by atoms with Crippen LogP contribution < -0.4 is 16.0 Å². The Balaban J connectivity index is 1.18. The average Bonchev–Trinajstić information content (AvgIpc) is 3.67. The number of urea groups is 1. The Morgan fingerprint density at radius 3 is 2.50 bits per heavy atom. The van der Waals surface area contributed by atoms with Gasteiger partial charge in [-0.15, -0.1) is 0 Å². The first-order valence-electron chi connectivity index (χ1n) is 14.5. The fraction of sp³-hybridized carbons (Fsp3) is 0.452. The van der Waals surface area contributed by atoms with E-state index >= 15 is 0 Å². The van der Waals surface area contributed by atoms with Crippen LogP contribution in [0.25, 0.3) is 0 Å². The Hall–Kier alpha value is -4.28. The molecule has 0 aromatic heterocycles. The second-order valence-corrected chi connectivity index (χ2v) is 11.9. The number of benzene rings is 2. The zero-order valence-electron chi connectivity index (χ0n) is 23.3. The van der Waals surface area contributed by atoms with E-state index in [0.29, 0.717) is 37.4 Å². The number of fused-ring (bicyclic) bond motifs is 1. The van der Waals surface area contributed by atoms with Gasteiger partial charge in [0.15, 0.2) is 0 Å². The van der Waals surface area contributed by atoms with Crippen LogP contribution in [0.5, 0.6) is 0 Å². The number of halogens is 1. The van der Waals surface area contributed by atoms with Gasteiger partial charge < -0.3 is 16.0 Å². The summed E-state index contributed by atoms with van der Waals surface area (Å²) in [6.45, 7) is 0.374. The number of carbonyl (C=O) groups excluding carboxylic acids is 5. The van der Waals surface area contributed by atoms with E-state index < -0.39 is 29.4 Å². The van der Waals surface area contributed by atoms with Crippen LogP contribution in [-0.4, -0.2) is 64.1 Å². The standard InChI is InChI=1S/C31H34FN5O5/c32-23-6-3-20(4-7-23)17-35(14-12-19-1-2-19)27(39)18-36-29(41)31(34-30(36)42)13-11-21-5-8-24(15-22(21)16-31)37-25(28(33)40)9-10-26(37)38/h3-8,15,19,25H,1-2,9-14,16-18H2,(H2,33,40)(H,34,42)/t25-,31?/m1/s1. The van der Waals surface area contributed by atoms with Gasteiger partial charge in [0.25, 0.3) is 5.91 Å². The quantitative estimate of drug-likeness (QED) is 0.443. The molecule has 2 heterocycles. The molecule has 2 aromatic rings. The number of anilines is 1. The molecule has 3 N–H and O–H groups in total. The lowest BCUT2D eigenvalue weighted by Crippen LogP contribution is -2.52. The number of hydrogen-bond acceptors (Lipinski definition) is 5. The number of nitrogens with one attached hydrogen (secondary N) is 1. The molecular weight excluding hydrogens is 541 g/mol. The normalized spacial score (nSPS) is 23.4. The molecule has 6 amide bonds. The molecule has 4 aliphatic rings. The van der Waals surface area contributed by atoms with Crippen LogP contribution in [-0.2, 0) is 38.6 Å². The van der Waals surface area contributed by atoms with Crippen molar-refractivity contribution < 1.29 is 28.4 Å². The number of carbonyl (C=O) groups is 5. The first kappa shape index (κ1) is 27.9. The highest BCUT2D eigenvalue weighted by Gasteiger charge is 2.53. The van der Waals surface area contributed by atoms with Crippen LogP contribution in [0, 0.1) is 11.7 Å². The number of nitrogens with zero attached hydrogens (tertiary/aromatic N) is 3. The molecule has 2 aliphatic heterocycles. The van der Waals surface area contributed by atoms with Gasteiger partial charge in [-0.3, -0.25) is 29.0 Å². The van der Waals surface area contributed by atoms with Gasteiger partial charge in [-0.1, -0.05) is 31.0 Å². The number of aryl methyl sites for hydroxylation is 1. The van der Waals surface area contributed by atoms with E-state index in [1.54, 1.807) is 29.2 Å². The Labute approximate surface area is 243 Å². The minimum absolute atomic E-state index is 0.189. The van der Waals surface area contributed by atoms with Gasteiger partial charge in [0, 0.05) is 31.6 Å². The maximum Gasteiger partial charge on any atom is 0.325 e. The highest BCUT2D eigenvalue weighted by molar-refractivity contribution is 6.09. The Kier molecular flexibility index (Phi) is 7.20. The number of primary amides is 1. The summed E-state index contributed by atoms with van der Waals surface area (Å²) >= 11 is 0. The molecule has 10 nitrogen and oxygen atoms in total. The Morgan fingerprint density at radius 1 is 1.02 bits per heavy atom. The minimum Gasteiger partial charge on any atom is -0.368 e. The summed E-state index contributed by atoms with van der Waals surface area (Å²) < 4.78 is 13.4. The minimum atomic E-state index is -1.20. The topological polar surface area (TPSA) is 133 Å². The molecule has 2 aliphatic carbocycles. The third-order valence-electron chi connectivity index (χ3n) is 9.00. The number of hydrogen-bond donors (Lipinski definition) is 2. The predicted molar refractivity (Wildman–Crippen MR) is 150 cm³/mol. The van der Waals surface area contributed by atoms with Crippen molar-refractivity contribution in [2.24, 2.45) is 11.7 Å². The molecule has 2 saturated heterocycles. The lowest BCUT2D eigenvalue weighted by molar-refractivity contribution is -0.139. The molecule has 3 fully saturated rings. The third kappa shape index (κ3) is 5.35. The van der Waals surface area contributed by atoms with Gasteiger partial charge in [-0.2, -0.15) is 0 Å². The van der Waals surface area contributed by atoms with E-state index in [1.807, 2.05) is 6.07 Å². The molecule has 0 radical (unpaired) electrons. The van der Waals surface area contributed by atoms with Gasteiger partial charge in [0.05, 0.1) is 0 Å². The van der Waals surface area contributed by atoms with Gasteiger partial charge in [-0.25, -0.2) is 9.18 Å². The number of imide groups is 1. The van der Waals surface area contributed by atoms with Crippen molar-refractivity contribution in [1.29, 1.82) is 0 Å². The highest BCUT2D eigenvalue weighted by Crippen LogP contribution is 2.37. The smallest absolute Gasteiger partial charge is 0.325 e. The maximum absolute atomic E-state index is 13.8. The van der Waals surface area contributed by atoms with Crippen LogP contribution in [0.3, 0.4) is 0 Å². The van der Waals surface area contributed by atoms with Gasteiger partial charge in [-0.05, 0) is 72.6 Å². The molecule has 1 unspecified atom stereocenters. The van der Waals surface area contributed by atoms with Crippen LogP contribution in [0.4, 0.5) is 14.9 Å². The lowest BCUT2D eigenvalue weighted by Gasteiger charge is -2.33. The second kappa shape index (κ2) is 10.8. The van der Waals surface area contributed by atoms with Gasteiger partial charge in [0.1, 0.15) is 23.9 Å². The zero-order valence-corrected chi connectivity index (χ0v) is 23.3. The van der Waals surface area contributed by atoms with E-state index in [1.165, 1.54) is 17.0 Å². The van der Waals surface area contributed by atoms with Crippen molar-refractivity contribution >= 4 is 35.3 Å². The summed E-state index contributed by atoms with van der Waals surface area (Å²) in [5.41, 5.74) is 7.44. The second-order valence-electron chi connectivity index (χ2n) is 11.9. The molecule has 1 spiro atoms. The Bertz CT molecular complexity index is 1460. The molecule has 2 atom stereocenters. The Morgan fingerprint density at radius 2 is 1.79 bits per heavy atom. The molecule has 0 bridgehead atoms. The van der Waals surface area contributed by atoms with Crippen LogP contribution in [0.1, 0.15) is 55.2 Å². The first-order valence-corrected chi connectivity index (χ1v) is 14.5. The van der Waals surface area contributed by atoms with E-state index in [2.05, 4.69) is 5.32 Å². The molecule has 1 saturated carbocycles. The summed E-state index contributed by atoms with van der Waals surface area (Å²) in [6.07, 6.45) is 4.79. The van der Waals surface area contributed by atoms with Crippen molar-refractivity contribution in [3.05, 3.63) is 65.0 Å². The van der Waals surface area contributed by atoms with E-state index in [-0.39, 0.29) is 43.6 Å². The molecular formula is C31H34FN5O5. The summed E-state index contributed by atoms with van der Waals surface area (Å²) in [6, 6.07) is 10.1. The van der Waals surface area contributed by atoms with E-state index in [0.717, 1.165) is 40.9 Å². The van der Waals surface area contributed by atoms with Crippen molar-refractivity contribution in [1.82, 2.24) is 15.1 Å². The van der Waals surface area contributed by atoms with Crippen LogP contribution in [0.15, 0.2) is 42.5 Å². The van der Waals surface area contributed by atoms with Crippen molar-refractivity contribution in [3.8, 4) is 0 Å². The maximum atomic E-state index is 13.8. The SMILES string of the molecule is NC(=O)[C@H]1CCC(=O)N1c1ccc2c(c1)CC1(CC2)NC(=O)N(CC(=O)N(CCC2CC2)Cc2ccc(F)cc2)C1=O. The van der Waals surface area contributed by atoms with Crippen molar-refractivity contribution in [2.75, 3.05) is 18.0 Å². The van der Waals surface area contributed by atoms with Gasteiger partial charge >= 0.3 is 6.03 Å². The van der Waals surface area contributed by atoms with Crippen LogP contribution in [0.2, 0.25) is 0 Å². The molecule has 6 rings (SSSR count). The monoisotopic (exact) mass is 575 g/mol. The third-order valence-corrected chi connectivity index (χ3v) is 9.00. The largest absolute Gasteiger partial charge is 0.368 e. The van der Waals surface area contributed by atoms with E-state index in [9.17, 15) is 28.4 Å². The number of amides is 6. The summed E-state index contributed by atoms with van der Waals surface area (Å²) in [7, 11) is 0. The van der Waals surface area contributed by atoms with E-state index in [4.69, 9.17) is 5.73 Å². The molecule has 42 heavy (non-hydrogen) atoms. The molecule has 2 aromatic carbocycles. The zero-order chi connectivity index (χ0) is 29.6. The summed E-state index contributed by atoms with van der Waals surface area (Å²) in [4.78, 5) is 68.9. The average molecular weight is 576 g/mol. The first-order chi connectivity index (χ1) is 20.1. The van der Waals surface area contributed by atoms with Gasteiger partial charge in [0.2, 0.25) is 17.7 Å².